The first-order valence-electron chi connectivity index (χ1n) is 9.55. The van der Waals surface area contributed by atoms with Gasteiger partial charge in [0.25, 0.3) is 5.91 Å². The fourth-order valence-electron chi connectivity index (χ4n) is 2.97. The zero-order chi connectivity index (χ0) is 24.2. The van der Waals surface area contributed by atoms with E-state index >= 15 is 0 Å². The molecule has 1 aromatic heterocycles. The topological polar surface area (TPSA) is 113 Å². The highest BCUT2D eigenvalue weighted by molar-refractivity contribution is 7.90. The van der Waals surface area contributed by atoms with E-state index in [1.807, 2.05) is 0 Å². The summed E-state index contributed by atoms with van der Waals surface area (Å²) in [5.74, 6) is -0.00523. The summed E-state index contributed by atoms with van der Waals surface area (Å²) < 4.78 is 41.1. The van der Waals surface area contributed by atoms with E-state index in [9.17, 15) is 18.0 Å². The number of esters is 1. The Morgan fingerprint density at radius 1 is 1.06 bits per heavy atom. The highest BCUT2D eigenvalue weighted by Gasteiger charge is 2.15. The minimum absolute atomic E-state index is 0.132. The third-order valence-electron chi connectivity index (χ3n) is 4.63. The van der Waals surface area contributed by atoms with Crippen LogP contribution in [-0.4, -0.2) is 52.4 Å². The summed E-state index contributed by atoms with van der Waals surface area (Å²) in [6.45, 7) is -0.180. The van der Waals surface area contributed by atoms with Crippen LogP contribution in [-0.2, 0) is 30.7 Å². The molecule has 0 unspecified atom stereocenters. The number of sulfone groups is 1. The fourth-order valence-corrected chi connectivity index (χ4v) is 4.77. The highest BCUT2D eigenvalue weighted by Crippen LogP contribution is 2.28. The van der Waals surface area contributed by atoms with Gasteiger partial charge in [-0.3, -0.25) is 9.59 Å². The summed E-state index contributed by atoms with van der Waals surface area (Å²) >= 11 is 1.10. The molecule has 0 aliphatic carbocycles. The largest absolute Gasteiger partial charge is 0.493 e. The van der Waals surface area contributed by atoms with E-state index in [1.54, 1.807) is 30.3 Å². The van der Waals surface area contributed by atoms with E-state index < -0.39 is 21.7 Å². The SMILES string of the molecule is COC(=O)Cn1c(=NC(=O)C=Cc2ccc(OC)c(OC)c2)sc2cc(S(C)(=O)=O)ccc21. The van der Waals surface area contributed by atoms with Crippen molar-refractivity contribution in [1.82, 2.24) is 4.57 Å². The van der Waals surface area contributed by atoms with Crippen molar-refractivity contribution in [2.24, 2.45) is 4.99 Å². The highest BCUT2D eigenvalue weighted by atomic mass is 32.2. The number of hydrogen-bond acceptors (Lipinski definition) is 8. The van der Waals surface area contributed by atoms with Crippen LogP contribution in [0.3, 0.4) is 0 Å². The molecule has 9 nitrogen and oxygen atoms in total. The monoisotopic (exact) mass is 490 g/mol. The average Bonchev–Trinajstić information content (AvgIpc) is 3.12. The molecular weight excluding hydrogens is 468 g/mol. The first-order valence-corrected chi connectivity index (χ1v) is 12.3. The van der Waals surface area contributed by atoms with Crippen LogP contribution in [0, 0.1) is 0 Å². The number of nitrogens with zero attached hydrogens (tertiary/aromatic N) is 2. The van der Waals surface area contributed by atoms with Crippen molar-refractivity contribution in [2.45, 2.75) is 11.4 Å². The van der Waals surface area contributed by atoms with Crippen molar-refractivity contribution >= 4 is 49.3 Å². The van der Waals surface area contributed by atoms with Crippen LogP contribution in [0.25, 0.3) is 16.3 Å². The average molecular weight is 491 g/mol. The number of aromatic nitrogens is 1. The molecule has 1 amide bonds. The van der Waals surface area contributed by atoms with Crippen LogP contribution < -0.4 is 14.3 Å². The number of benzene rings is 2. The Morgan fingerprint density at radius 3 is 2.42 bits per heavy atom. The Bertz CT molecular complexity index is 1420. The van der Waals surface area contributed by atoms with E-state index in [0.29, 0.717) is 27.3 Å². The fraction of sp³-hybridized carbons (Fsp3) is 0.227. The number of amides is 1. The zero-order valence-corrected chi connectivity index (χ0v) is 20.0. The second-order valence-corrected chi connectivity index (χ2v) is 9.87. The van der Waals surface area contributed by atoms with Crippen molar-refractivity contribution in [3.8, 4) is 11.5 Å². The van der Waals surface area contributed by atoms with Crippen molar-refractivity contribution in [2.75, 3.05) is 27.6 Å². The molecule has 0 bridgehead atoms. The zero-order valence-electron chi connectivity index (χ0n) is 18.4. The van der Waals surface area contributed by atoms with Crippen LogP contribution >= 0.6 is 11.3 Å². The predicted molar refractivity (Wildman–Crippen MR) is 124 cm³/mol. The minimum Gasteiger partial charge on any atom is -0.493 e. The van der Waals surface area contributed by atoms with Gasteiger partial charge in [-0.1, -0.05) is 17.4 Å². The van der Waals surface area contributed by atoms with Gasteiger partial charge in [-0.15, -0.1) is 0 Å². The Hall–Kier alpha value is -3.44. The molecule has 11 heteroatoms. The van der Waals surface area contributed by atoms with Crippen LogP contribution in [0.1, 0.15) is 5.56 Å². The molecule has 2 aromatic carbocycles. The molecule has 33 heavy (non-hydrogen) atoms. The molecule has 0 aliphatic rings. The van der Waals surface area contributed by atoms with Gasteiger partial charge >= 0.3 is 5.97 Å². The van der Waals surface area contributed by atoms with Gasteiger partial charge in [0.15, 0.2) is 26.1 Å². The number of hydrogen-bond donors (Lipinski definition) is 0. The van der Waals surface area contributed by atoms with Crippen molar-refractivity contribution in [3.63, 3.8) is 0 Å². The van der Waals surface area contributed by atoms with Gasteiger partial charge < -0.3 is 18.8 Å². The molecule has 0 atom stereocenters. The van der Waals surface area contributed by atoms with Crippen molar-refractivity contribution in [1.29, 1.82) is 0 Å². The first kappa shape index (κ1) is 24.2. The third kappa shape index (κ3) is 5.68. The van der Waals surface area contributed by atoms with E-state index in [-0.39, 0.29) is 16.2 Å². The molecule has 0 aliphatic heterocycles. The Morgan fingerprint density at radius 2 is 1.79 bits per heavy atom. The Balaban J connectivity index is 2.02. The van der Waals surface area contributed by atoms with E-state index in [4.69, 9.17) is 14.2 Å². The van der Waals surface area contributed by atoms with E-state index in [2.05, 4.69) is 4.99 Å². The minimum atomic E-state index is -3.42. The number of carbonyl (C=O) groups excluding carboxylic acids is 2. The van der Waals surface area contributed by atoms with E-state index in [0.717, 1.165) is 17.6 Å². The molecular formula is C22H22N2O7S2. The summed E-state index contributed by atoms with van der Waals surface area (Å²) in [6.07, 6.45) is 3.97. The lowest BCUT2D eigenvalue weighted by molar-refractivity contribution is -0.141. The number of methoxy groups -OCH3 is 3. The normalized spacial score (nSPS) is 12.3. The summed E-state index contributed by atoms with van der Waals surface area (Å²) in [5.41, 5.74) is 1.26. The summed E-state index contributed by atoms with van der Waals surface area (Å²) in [7, 11) is 0.884. The lowest BCUT2D eigenvalue weighted by Crippen LogP contribution is -2.22. The lowest BCUT2D eigenvalue weighted by Gasteiger charge is -2.07. The van der Waals surface area contributed by atoms with Gasteiger partial charge in [-0.2, -0.15) is 4.99 Å². The smallest absolute Gasteiger partial charge is 0.325 e. The molecule has 1 heterocycles. The summed E-state index contributed by atoms with van der Waals surface area (Å²) in [6, 6.07) is 9.71. The number of ether oxygens (including phenoxy) is 3. The van der Waals surface area contributed by atoms with Gasteiger partial charge in [-0.25, -0.2) is 8.42 Å². The number of thiazole rings is 1. The van der Waals surface area contributed by atoms with Gasteiger partial charge in [0.05, 0.1) is 36.4 Å². The second-order valence-electron chi connectivity index (χ2n) is 6.85. The summed E-state index contributed by atoms with van der Waals surface area (Å²) in [5, 5.41) is 0. The molecule has 3 aromatic rings. The Labute approximate surface area is 194 Å². The number of rotatable bonds is 7. The van der Waals surface area contributed by atoms with Crippen LogP contribution in [0.5, 0.6) is 11.5 Å². The lowest BCUT2D eigenvalue weighted by atomic mass is 10.2. The number of fused-ring (bicyclic) bond motifs is 1. The Kier molecular flexibility index (Phi) is 7.34. The van der Waals surface area contributed by atoms with Crippen LogP contribution in [0.4, 0.5) is 0 Å². The maximum absolute atomic E-state index is 12.5. The van der Waals surface area contributed by atoms with Gasteiger partial charge in [0.1, 0.15) is 6.54 Å². The molecule has 0 radical (unpaired) electrons. The van der Waals surface area contributed by atoms with Crippen molar-refractivity contribution < 1.29 is 32.2 Å². The predicted octanol–water partition coefficient (Wildman–Crippen LogP) is 2.44. The van der Waals surface area contributed by atoms with Crippen LogP contribution in [0.2, 0.25) is 0 Å². The van der Waals surface area contributed by atoms with E-state index in [1.165, 1.54) is 44.1 Å². The summed E-state index contributed by atoms with van der Waals surface area (Å²) in [4.78, 5) is 28.9. The maximum Gasteiger partial charge on any atom is 0.325 e. The molecule has 0 fully saturated rings. The maximum atomic E-state index is 12.5. The van der Waals surface area contributed by atoms with Crippen molar-refractivity contribution in [3.05, 3.63) is 52.8 Å². The standard InChI is InChI=1S/C22H22N2O7S2/c1-29-17-9-5-14(11-18(17)30-2)6-10-20(25)23-22-24(13-21(26)31-3)16-8-7-15(33(4,27)28)12-19(16)32-22/h5-12H,13H2,1-4H3. The molecule has 3 rings (SSSR count). The first-order chi connectivity index (χ1) is 15.7. The quantitative estimate of drug-likeness (QED) is 0.369. The molecule has 0 saturated carbocycles. The van der Waals surface area contributed by atoms with Gasteiger partial charge in [0.2, 0.25) is 0 Å². The third-order valence-corrected chi connectivity index (χ3v) is 6.78. The number of carbonyl (C=O) groups is 2. The van der Waals surface area contributed by atoms with Gasteiger partial charge in [0, 0.05) is 12.3 Å². The molecule has 0 saturated heterocycles. The molecule has 0 N–H and O–H groups in total. The molecule has 174 valence electrons. The van der Waals surface area contributed by atoms with Crippen LogP contribution in [0.15, 0.2) is 52.4 Å². The van der Waals surface area contributed by atoms with Gasteiger partial charge in [-0.05, 0) is 42.0 Å². The molecule has 0 spiro atoms. The second kappa shape index (κ2) is 10.0.